The molecule has 2 aromatic heterocycles. The van der Waals surface area contributed by atoms with Gasteiger partial charge < -0.3 is 9.47 Å². The molecule has 36 heavy (non-hydrogen) atoms. The van der Waals surface area contributed by atoms with E-state index in [1.807, 2.05) is 37.2 Å². The molecule has 6 rings (SSSR count). The third-order valence-electron chi connectivity index (χ3n) is 8.69. The highest BCUT2D eigenvalue weighted by molar-refractivity contribution is 6.34. The van der Waals surface area contributed by atoms with Gasteiger partial charge in [-0.3, -0.25) is 9.69 Å². The minimum Gasteiger partial charge on any atom is -0.325 e. The lowest BCUT2D eigenvalue weighted by Crippen LogP contribution is -2.55. The number of benzene rings is 1. The summed E-state index contributed by atoms with van der Waals surface area (Å²) in [6, 6.07) is 8.94. The summed E-state index contributed by atoms with van der Waals surface area (Å²) in [6.45, 7) is 9.63. The van der Waals surface area contributed by atoms with Crippen LogP contribution in [0.5, 0.6) is 0 Å². The van der Waals surface area contributed by atoms with E-state index in [1.54, 1.807) is 0 Å². The summed E-state index contributed by atoms with van der Waals surface area (Å²) in [4.78, 5) is 27.2. The van der Waals surface area contributed by atoms with E-state index in [4.69, 9.17) is 16.6 Å². The topological polar surface area (TPSA) is 54.3 Å². The van der Waals surface area contributed by atoms with Crippen LogP contribution in [0.15, 0.2) is 30.6 Å². The number of amides is 1. The number of nitrogens with zero attached hydrogens (tertiary/aromatic N) is 5. The predicted octanol–water partition coefficient (Wildman–Crippen LogP) is 5.92. The van der Waals surface area contributed by atoms with E-state index in [-0.39, 0.29) is 18.0 Å². The Balaban J connectivity index is 1.33. The highest BCUT2D eigenvalue weighted by Gasteiger charge is 2.50. The van der Waals surface area contributed by atoms with Crippen LogP contribution in [0.25, 0.3) is 22.3 Å². The van der Waals surface area contributed by atoms with E-state index in [9.17, 15) is 9.18 Å². The Kier molecular flexibility index (Phi) is 5.65. The Bertz CT molecular complexity index is 1350. The molecule has 6 nitrogen and oxygen atoms in total. The van der Waals surface area contributed by atoms with Gasteiger partial charge in [0.05, 0.1) is 23.0 Å². The largest absolute Gasteiger partial charge is 0.325 e. The van der Waals surface area contributed by atoms with Crippen LogP contribution in [0.3, 0.4) is 0 Å². The van der Waals surface area contributed by atoms with Crippen molar-refractivity contribution in [1.29, 1.82) is 0 Å². The molecule has 1 saturated carbocycles. The molecule has 0 bridgehead atoms. The number of likely N-dealkylation sites (tertiary alicyclic amines) is 1. The number of anilines is 1. The van der Waals surface area contributed by atoms with Crippen LogP contribution in [0.1, 0.15) is 65.0 Å². The normalized spacial score (nSPS) is 26.4. The van der Waals surface area contributed by atoms with Crippen LogP contribution in [-0.2, 0) is 10.2 Å². The van der Waals surface area contributed by atoms with Gasteiger partial charge in [0.2, 0.25) is 5.91 Å². The first-order valence-corrected chi connectivity index (χ1v) is 13.5. The fourth-order valence-electron chi connectivity index (χ4n) is 6.14. The summed E-state index contributed by atoms with van der Waals surface area (Å²) in [5.74, 6) is 0.136. The number of hydrogen-bond donors (Lipinski definition) is 0. The molecule has 2 atom stereocenters. The highest BCUT2D eigenvalue weighted by atomic mass is 35.5. The number of halogens is 2. The van der Waals surface area contributed by atoms with Gasteiger partial charge in [0.25, 0.3) is 0 Å². The highest BCUT2D eigenvalue weighted by Crippen LogP contribution is 2.48. The Labute approximate surface area is 216 Å². The lowest BCUT2D eigenvalue weighted by molar-refractivity contribution is -0.123. The van der Waals surface area contributed by atoms with Crippen molar-refractivity contribution in [3.63, 3.8) is 0 Å². The van der Waals surface area contributed by atoms with Gasteiger partial charge in [-0.1, -0.05) is 30.7 Å². The molecule has 3 aliphatic rings. The number of pyridine rings is 1. The van der Waals surface area contributed by atoms with Gasteiger partial charge in [0.1, 0.15) is 11.7 Å². The molecule has 1 aliphatic carbocycles. The summed E-state index contributed by atoms with van der Waals surface area (Å²) >= 11 is 6.68. The van der Waals surface area contributed by atoms with Crippen molar-refractivity contribution in [3.8, 4) is 11.3 Å². The Morgan fingerprint density at radius 2 is 2.00 bits per heavy atom. The quantitative estimate of drug-likeness (QED) is 0.400. The first kappa shape index (κ1) is 23.9. The molecule has 4 heterocycles. The molecule has 2 aliphatic heterocycles. The van der Waals surface area contributed by atoms with Gasteiger partial charge in [-0.25, -0.2) is 14.4 Å². The molecule has 2 fully saturated rings. The van der Waals surface area contributed by atoms with Crippen molar-refractivity contribution in [2.24, 2.45) is 0 Å². The Morgan fingerprint density at radius 1 is 1.22 bits per heavy atom. The molecule has 8 heteroatoms. The van der Waals surface area contributed by atoms with Crippen LogP contribution in [0.2, 0.25) is 5.15 Å². The maximum atomic E-state index is 13.7. The van der Waals surface area contributed by atoms with Crippen molar-refractivity contribution < 1.29 is 9.18 Å². The SMILES string of the molecule is CC[C@H](C)n1cnc2cc(-c3ccc4c(c3)N(C3CC(N5CC[C@@H](F)C5)C3)C(=O)C4(C)C)nc(Cl)c21. The number of aromatic nitrogens is 3. The third kappa shape index (κ3) is 3.58. The van der Waals surface area contributed by atoms with E-state index in [0.717, 1.165) is 59.3 Å². The molecule has 1 aromatic carbocycles. The average molecular weight is 510 g/mol. The van der Waals surface area contributed by atoms with Crippen LogP contribution in [0.4, 0.5) is 10.1 Å². The van der Waals surface area contributed by atoms with Gasteiger partial charge in [-0.05, 0) is 64.2 Å². The Hall–Kier alpha value is -2.51. The number of rotatable bonds is 5. The fraction of sp³-hybridized carbons (Fsp3) is 0.536. The van der Waals surface area contributed by atoms with Gasteiger partial charge in [0, 0.05) is 42.5 Å². The van der Waals surface area contributed by atoms with Gasteiger partial charge >= 0.3 is 0 Å². The van der Waals surface area contributed by atoms with E-state index >= 15 is 0 Å². The maximum Gasteiger partial charge on any atom is 0.237 e. The molecule has 0 unspecified atom stereocenters. The number of imidazole rings is 1. The van der Waals surface area contributed by atoms with Crippen LogP contribution < -0.4 is 4.90 Å². The third-order valence-corrected chi connectivity index (χ3v) is 8.95. The zero-order valence-electron chi connectivity index (χ0n) is 21.3. The molecule has 3 aromatic rings. The summed E-state index contributed by atoms with van der Waals surface area (Å²) in [7, 11) is 0. The Morgan fingerprint density at radius 3 is 2.69 bits per heavy atom. The molecule has 0 N–H and O–H groups in total. The molecular formula is C28H33ClFN5O. The summed E-state index contributed by atoms with van der Waals surface area (Å²) in [5.41, 5.74) is 4.75. The minimum absolute atomic E-state index is 0.136. The lowest BCUT2D eigenvalue weighted by atomic mass is 9.83. The second-order valence-electron chi connectivity index (χ2n) is 11.3. The number of hydrogen-bond acceptors (Lipinski definition) is 4. The summed E-state index contributed by atoms with van der Waals surface area (Å²) in [6.07, 6.45) is 4.50. The van der Waals surface area contributed by atoms with Crippen LogP contribution in [0, 0.1) is 0 Å². The standard InChI is InChI=1S/C28H33ClFN5O/c1-5-16(2)34-15-31-23-13-22(32-26(29)25(23)34)17-6-7-21-24(10-17)35(27(36)28(21,3)4)20-11-19(12-20)33-9-8-18(30)14-33/h6-7,10,13,15-16,18-20H,5,8-9,11-12,14H2,1-4H3/t16-,18+,19?,20?/m0/s1. The average Bonchev–Trinajstić information content (AvgIpc) is 3.50. The zero-order valence-corrected chi connectivity index (χ0v) is 22.1. The smallest absolute Gasteiger partial charge is 0.237 e. The molecular weight excluding hydrogens is 477 g/mol. The number of alkyl halides is 1. The molecule has 0 radical (unpaired) electrons. The van der Waals surface area contributed by atoms with Gasteiger partial charge in [0.15, 0.2) is 5.15 Å². The fourth-order valence-corrected chi connectivity index (χ4v) is 6.43. The van der Waals surface area contributed by atoms with E-state index in [0.29, 0.717) is 24.2 Å². The molecule has 190 valence electrons. The van der Waals surface area contributed by atoms with Crippen LogP contribution in [-0.4, -0.2) is 56.7 Å². The van der Waals surface area contributed by atoms with Crippen molar-refractivity contribution in [1.82, 2.24) is 19.4 Å². The van der Waals surface area contributed by atoms with E-state index < -0.39 is 11.6 Å². The summed E-state index contributed by atoms with van der Waals surface area (Å²) < 4.78 is 15.8. The van der Waals surface area contributed by atoms with Gasteiger partial charge in [-0.2, -0.15) is 0 Å². The second-order valence-corrected chi connectivity index (χ2v) is 11.6. The molecule has 1 amide bonds. The van der Waals surface area contributed by atoms with Crippen molar-refractivity contribution in [2.45, 2.75) is 83.1 Å². The number of fused-ring (bicyclic) bond motifs is 2. The second kappa shape index (κ2) is 8.52. The molecule has 0 spiro atoms. The first-order valence-electron chi connectivity index (χ1n) is 13.1. The lowest BCUT2D eigenvalue weighted by Gasteiger charge is -2.45. The van der Waals surface area contributed by atoms with Crippen molar-refractivity contribution in [3.05, 3.63) is 41.3 Å². The zero-order chi connectivity index (χ0) is 25.4. The summed E-state index contributed by atoms with van der Waals surface area (Å²) in [5, 5.41) is 0.438. The van der Waals surface area contributed by atoms with E-state index in [2.05, 4.69) is 40.4 Å². The van der Waals surface area contributed by atoms with Crippen LogP contribution >= 0.6 is 11.6 Å². The van der Waals surface area contributed by atoms with Crippen molar-refractivity contribution >= 4 is 34.2 Å². The number of carbonyl (C=O) groups is 1. The monoisotopic (exact) mass is 509 g/mol. The predicted molar refractivity (Wildman–Crippen MR) is 141 cm³/mol. The van der Waals surface area contributed by atoms with E-state index in [1.165, 1.54) is 0 Å². The number of carbonyl (C=O) groups excluding carboxylic acids is 1. The molecule has 1 saturated heterocycles. The van der Waals surface area contributed by atoms with Gasteiger partial charge in [-0.15, -0.1) is 0 Å². The van der Waals surface area contributed by atoms with Crippen molar-refractivity contribution in [2.75, 3.05) is 18.0 Å². The minimum atomic E-state index is -0.715. The maximum absolute atomic E-state index is 13.7. The first-order chi connectivity index (χ1) is 17.2.